The number of benzene rings is 2. The third-order valence-corrected chi connectivity index (χ3v) is 4.38. The third-order valence-electron chi connectivity index (χ3n) is 4.38. The Morgan fingerprint density at radius 3 is 2.30 bits per heavy atom. The summed E-state index contributed by atoms with van der Waals surface area (Å²) in [5.41, 5.74) is 1.28. The number of nitrogens with one attached hydrogen (secondary N) is 1. The van der Waals surface area contributed by atoms with Crippen LogP contribution in [0, 0.1) is 10.1 Å². The first-order valence-corrected chi connectivity index (χ1v) is 9.08. The van der Waals surface area contributed by atoms with E-state index in [1.807, 2.05) is 30.3 Å². The van der Waals surface area contributed by atoms with Crippen LogP contribution >= 0.6 is 0 Å². The number of carbonyl (C=O) groups is 1. The smallest absolute Gasteiger partial charge is 0.286 e. The minimum absolute atomic E-state index is 0.103. The molecule has 1 N–H and O–H groups in total. The summed E-state index contributed by atoms with van der Waals surface area (Å²) in [5.74, 6) is 0.448. The van der Waals surface area contributed by atoms with Crippen molar-refractivity contribution in [3.63, 3.8) is 0 Å². The van der Waals surface area contributed by atoms with Gasteiger partial charge in [0.1, 0.15) is 5.56 Å². The quantitative estimate of drug-likeness (QED) is 0.450. The molecule has 9 heteroatoms. The standard InChI is InChI=1S/C21H20N4O5/c1-29-18-10-16(17(25(27)28)11-19(18)30-2)21(26)22-9-8-14-12-23-20(24-13-14)15-6-4-3-5-7-15/h3-7,10-13H,8-9H2,1-2H3,(H,22,26). The second-order valence-electron chi connectivity index (χ2n) is 6.27. The first-order valence-electron chi connectivity index (χ1n) is 9.08. The van der Waals surface area contributed by atoms with Crippen molar-refractivity contribution >= 4 is 11.6 Å². The number of ether oxygens (including phenoxy) is 2. The van der Waals surface area contributed by atoms with Crippen LogP contribution in [0.3, 0.4) is 0 Å². The Kier molecular flexibility index (Phi) is 6.53. The first kappa shape index (κ1) is 20.7. The average Bonchev–Trinajstić information content (AvgIpc) is 2.79. The van der Waals surface area contributed by atoms with Gasteiger partial charge in [0.25, 0.3) is 11.6 Å². The molecule has 0 atom stereocenters. The highest BCUT2D eigenvalue weighted by Crippen LogP contribution is 2.34. The van der Waals surface area contributed by atoms with Crippen LogP contribution in [0.15, 0.2) is 54.9 Å². The van der Waals surface area contributed by atoms with Crippen LogP contribution in [0.5, 0.6) is 11.5 Å². The summed E-state index contributed by atoms with van der Waals surface area (Å²) in [7, 11) is 2.76. The lowest BCUT2D eigenvalue weighted by Crippen LogP contribution is -2.26. The van der Waals surface area contributed by atoms with E-state index in [4.69, 9.17) is 9.47 Å². The summed E-state index contributed by atoms with van der Waals surface area (Å²) in [6, 6.07) is 12.1. The molecule has 1 amide bonds. The van der Waals surface area contributed by atoms with Gasteiger partial charge in [-0.05, 0) is 12.0 Å². The maximum absolute atomic E-state index is 12.5. The van der Waals surface area contributed by atoms with Gasteiger partial charge in [-0.3, -0.25) is 14.9 Å². The van der Waals surface area contributed by atoms with Crippen molar-refractivity contribution in [3.05, 3.63) is 76.1 Å². The first-order chi connectivity index (χ1) is 14.5. The molecule has 0 saturated carbocycles. The maximum Gasteiger partial charge on any atom is 0.286 e. The Bertz CT molecular complexity index is 1040. The number of amides is 1. The van der Waals surface area contributed by atoms with Gasteiger partial charge >= 0.3 is 0 Å². The molecule has 9 nitrogen and oxygen atoms in total. The number of hydrogen-bond donors (Lipinski definition) is 1. The van der Waals surface area contributed by atoms with Gasteiger partial charge in [-0.15, -0.1) is 0 Å². The van der Waals surface area contributed by atoms with E-state index in [9.17, 15) is 14.9 Å². The molecule has 0 saturated heterocycles. The fraction of sp³-hybridized carbons (Fsp3) is 0.190. The Morgan fingerprint density at radius 2 is 1.70 bits per heavy atom. The van der Waals surface area contributed by atoms with E-state index in [0.29, 0.717) is 12.2 Å². The minimum atomic E-state index is -0.632. The summed E-state index contributed by atoms with van der Waals surface area (Å²) in [4.78, 5) is 31.9. The number of methoxy groups -OCH3 is 2. The monoisotopic (exact) mass is 408 g/mol. The van der Waals surface area contributed by atoms with Crippen molar-refractivity contribution in [2.75, 3.05) is 20.8 Å². The lowest BCUT2D eigenvalue weighted by Gasteiger charge is -2.11. The van der Waals surface area contributed by atoms with E-state index in [0.717, 1.165) is 11.1 Å². The lowest BCUT2D eigenvalue weighted by molar-refractivity contribution is -0.385. The number of hydrogen-bond acceptors (Lipinski definition) is 7. The average molecular weight is 408 g/mol. The van der Waals surface area contributed by atoms with Gasteiger partial charge in [0.05, 0.1) is 25.2 Å². The highest BCUT2D eigenvalue weighted by molar-refractivity contribution is 5.99. The van der Waals surface area contributed by atoms with Crippen molar-refractivity contribution < 1.29 is 19.2 Å². The highest BCUT2D eigenvalue weighted by Gasteiger charge is 2.24. The van der Waals surface area contributed by atoms with Crippen LogP contribution in [-0.4, -0.2) is 41.6 Å². The van der Waals surface area contributed by atoms with Gasteiger partial charge in [-0.1, -0.05) is 30.3 Å². The van der Waals surface area contributed by atoms with Crippen LogP contribution in [0.4, 0.5) is 5.69 Å². The van der Waals surface area contributed by atoms with Crippen molar-refractivity contribution in [1.82, 2.24) is 15.3 Å². The highest BCUT2D eigenvalue weighted by atomic mass is 16.6. The molecule has 1 aromatic heterocycles. The molecular formula is C21H20N4O5. The molecule has 154 valence electrons. The summed E-state index contributed by atoms with van der Waals surface area (Å²) >= 11 is 0. The van der Waals surface area contributed by atoms with E-state index in [2.05, 4.69) is 15.3 Å². The molecule has 0 radical (unpaired) electrons. The molecule has 0 aliphatic carbocycles. The maximum atomic E-state index is 12.5. The summed E-state index contributed by atoms with van der Waals surface area (Å²) < 4.78 is 10.2. The van der Waals surface area contributed by atoms with Crippen LogP contribution in [0.25, 0.3) is 11.4 Å². The zero-order valence-electron chi connectivity index (χ0n) is 16.5. The van der Waals surface area contributed by atoms with Gasteiger partial charge in [0.2, 0.25) is 0 Å². The molecule has 0 fully saturated rings. The van der Waals surface area contributed by atoms with E-state index in [-0.39, 0.29) is 29.3 Å². The van der Waals surface area contributed by atoms with Gasteiger partial charge in [-0.25, -0.2) is 9.97 Å². The van der Waals surface area contributed by atoms with Gasteiger partial charge in [0.15, 0.2) is 17.3 Å². The van der Waals surface area contributed by atoms with E-state index in [1.54, 1.807) is 12.4 Å². The largest absolute Gasteiger partial charge is 0.493 e. The number of nitrogens with zero attached hydrogens (tertiary/aromatic N) is 3. The molecule has 3 rings (SSSR count). The Labute approximate surface area is 172 Å². The topological polar surface area (TPSA) is 116 Å². The number of nitro groups is 1. The van der Waals surface area contributed by atoms with Crippen molar-refractivity contribution in [3.8, 4) is 22.9 Å². The van der Waals surface area contributed by atoms with Gasteiger partial charge < -0.3 is 14.8 Å². The van der Waals surface area contributed by atoms with Crippen LogP contribution < -0.4 is 14.8 Å². The van der Waals surface area contributed by atoms with Gasteiger partial charge in [0, 0.05) is 30.6 Å². The molecule has 3 aromatic rings. The second kappa shape index (κ2) is 9.46. The van der Waals surface area contributed by atoms with E-state index >= 15 is 0 Å². The lowest BCUT2D eigenvalue weighted by atomic mass is 10.1. The summed E-state index contributed by atoms with van der Waals surface area (Å²) in [6.07, 6.45) is 3.86. The molecule has 0 bridgehead atoms. The molecular weight excluding hydrogens is 388 g/mol. The summed E-state index contributed by atoms with van der Waals surface area (Å²) in [6.45, 7) is 0.262. The fourth-order valence-corrected chi connectivity index (χ4v) is 2.84. The molecule has 2 aromatic carbocycles. The van der Waals surface area contributed by atoms with E-state index < -0.39 is 10.8 Å². The van der Waals surface area contributed by atoms with Crippen molar-refractivity contribution in [2.45, 2.75) is 6.42 Å². The zero-order valence-corrected chi connectivity index (χ0v) is 16.5. The minimum Gasteiger partial charge on any atom is -0.493 e. The molecule has 0 unspecified atom stereocenters. The molecule has 0 aliphatic heterocycles. The second-order valence-corrected chi connectivity index (χ2v) is 6.27. The molecule has 30 heavy (non-hydrogen) atoms. The predicted molar refractivity (Wildman–Crippen MR) is 110 cm³/mol. The normalized spacial score (nSPS) is 10.3. The Balaban J connectivity index is 1.66. The SMILES string of the molecule is COc1cc(C(=O)NCCc2cnc(-c3ccccc3)nc2)c([N+](=O)[O-])cc1OC. The number of nitro benzene ring substituents is 1. The van der Waals surface area contributed by atoms with Crippen LogP contribution in [0.1, 0.15) is 15.9 Å². The predicted octanol–water partition coefficient (Wildman–Crippen LogP) is 3.04. The Hall–Kier alpha value is -4.01. The zero-order chi connectivity index (χ0) is 21.5. The van der Waals surface area contributed by atoms with Crippen molar-refractivity contribution in [1.29, 1.82) is 0 Å². The van der Waals surface area contributed by atoms with Crippen molar-refractivity contribution in [2.24, 2.45) is 0 Å². The molecule has 0 spiro atoms. The molecule has 0 aliphatic rings. The number of aromatic nitrogens is 2. The number of carbonyl (C=O) groups excluding carboxylic acids is 1. The number of rotatable bonds is 8. The van der Waals surface area contributed by atoms with Crippen LogP contribution in [-0.2, 0) is 6.42 Å². The van der Waals surface area contributed by atoms with E-state index in [1.165, 1.54) is 26.4 Å². The van der Waals surface area contributed by atoms with Gasteiger partial charge in [-0.2, -0.15) is 0 Å². The fourth-order valence-electron chi connectivity index (χ4n) is 2.84. The Morgan fingerprint density at radius 1 is 1.07 bits per heavy atom. The summed E-state index contributed by atoms with van der Waals surface area (Å²) in [5, 5.41) is 14.0. The molecule has 1 heterocycles. The van der Waals surface area contributed by atoms with Crippen LogP contribution in [0.2, 0.25) is 0 Å². The third kappa shape index (κ3) is 4.69.